The molecule has 2 aromatic heterocycles. The van der Waals surface area contributed by atoms with E-state index in [1.54, 1.807) is 27.1 Å². The highest BCUT2D eigenvalue weighted by molar-refractivity contribution is 5.82. The van der Waals surface area contributed by atoms with Crippen LogP contribution in [0.2, 0.25) is 0 Å². The fraction of sp³-hybridized carbons (Fsp3) is 0.500. The molecule has 0 saturated carbocycles. The maximum Gasteiger partial charge on any atom is 0.408 e. The molecule has 0 aliphatic carbocycles. The Balaban J connectivity index is 1.23. The van der Waals surface area contributed by atoms with Gasteiger partial charge in [0, 0.05) is 44.0 Å². The van der Waals surface area contributed by atoms with E-state index < -0.39 is 23.7 Å². The molecule has 1 atom stereocenters. The highest BCUT2D eigenvalue weighted by Crippen LogP contribution is 2.32. The second-order valence-electron chi connectivity index (χ2n) is 12.6. The summed E-state index contributed by atoms with van der Waals surface area (Å²) in [5.41, 5.74) is 2.44. The number of alkyl carbamates (subject to hydrolysis) is 1. The van der Waals surface area contributed by atoms with Crippen molar-refractivity contribution in [3.05, 3.63) is 71.7 Å². The molecular formula is C34H45N7O4. The second kappa shape index (κ2) is 14.6. The van der Waals surface area contributed by atoms with Crippen LogP contribution in [0, 0.1) is 0 Å². The van der Waals surface area contributed by atoms with Gasteiger partial charge in [-0.05, 0) is 70.1 Å². The minimum atomic E-state index is -0.993. The molecule has 5 rings (SSSR count). The Hall–Kier alpha value is -4.41. The predicted octanol–water partition coefficient (Wildman–Crippen LogP) is 4.90. The molecule has 4 heterocycles. The highest BCUT2D eigenvalue weighted by atomic mass is 16.6. The molecule has 1 fully saturated rings. The average molecular weight is 616 g/mol. The number of hydrogen-bond donors (Lipinski definition) is 2. The molecule has 0 unspecified atom stereocenters. The third-order valence-electron chi connectivity index (χ3n) is 8.14. The van der Waals surface area contributed by atoms with Crippen LogP contribution in [0.1, 0.15) is 63.6 Å². The van der Waals surface area contributed by atoms with Gasteiger partial charge in [0.1, 0.15) is 42.0 Å². The van der Waals surface area contributed by atoms with E-state index in [1.165, 1.54) is 5.56 Å². The van der Waals surface area contributed by atoms with Crippen molar-refractivity contribution in [1.82, 2.24) is 20.3 Å². The summed E-state index contributed by atoms with van der Waals surface area (Å²) in [5.74, 6) is 2.11. The number of anilines is 3. The number of rotatable bonds is 10. The number of aryl methyl sites for hydroxylation is 1. The molecule has 2 aliphatic heterocycles. The predicted molar refractivity (Wildman–Crippen MR) is 174 cm³/mol. The lowest BCUT2D eigenvalue weighted by molar-refractivity contribution is -0.156. The number of pyridine rings is 1. The van der Waals surface area contributed by atoms with Gasteiger partial charge < -0.3 is 29.9 Å². The maximum atomic E-state index is 13.1. The number of hydrogen-bond acceptors (Lipinski definition) is 10. The Morgan fingerprint density at radius 1 is 1.00 bits per heavy atom. The van der Waals surface area contributed by atoms with E-state index >= 15 is 0 Å². The Morgan fingerprint density at radius 3 is 2.51 bits per heavy atom. The number of benzene rings is 1. The number of carbonyl (C=O) groups is 2. The van der Waals surface area contributed by atoms with Crippen molar-refractivity contribution >= 4 is 29.5 Å². The first-order chi connectivity index (χ1) is 21.7. The number of carbonyl (C=O) groups excluding carboxylic acids is 2. The number of nitrogens with one attached hydrogen (secondary N) is 2. The van der Waals surface area contributed by atoms with E-state index in [9.17, 15) is 9.59 Å². The van der Waals surface area contributed by atoms with Gasteiger partial charge in [-0.1, -0.05) is 43.3 Å². The van der Waals surface area contributed by atoms with Gasteiger partial charge in [0.05, 0.1) is 0 Å². The number of aromatic nitrogens is 3. The molecule has 240 valence electrons. The Labute approximate surface area is 265 Å². The minimum Gasteiger partial charge on any atom is -0.458 e. The van der Waals surface area contributed by atoms with Gasteiger partial charge >= 0.3 is 12.1 Å². The molecule has 2 N–H and O–H groups in total. The summed E-state index contributed by atoms with van der Waals surface area (Å²) < 4.78 is 11.0. The maximum absolute atomic E-state index is 13.1. The molecule has 0 spiro atoms. The second-order valence-corrected chi connectivity index (χ2v) is 12.6. The first-order valence-corrected chi connectivity index (χ1v) is 15.9. The van der Waals surface area contributed by atoms with E-state index in [2.05, 4.69) is 43.4 Å². The number of fused-ring (bicyclic) bond motifs is 1. The lowest BCUT2D eigenvalue weighted by Crippen LogP contribution is -2.48. The van der Waals surface area contributed by atoms with Crippen LogP contribution in [0.4, 0.5) is 22.2 Å². The van der Waals surface area contributed by atoms with Crippen molar-refractivity contribution in [3.63, 3.8) is 0 Å². The van der Waals surface area contributed by atoms with E-state index in [-0.39, 0.29) is 13.2 Å². The quantitative estimate of drug-likeness (QED) is 0.305. The van der Waals surface area contributed by atoms with Crippen LogP contribution < -0.4 is 20.4 Å². The molecule has 0 radical (unpaired) electrons. The molecule has 3 aromatic rings. The van der Waals surface area contributed by atoms with E-state index in [1.807, 2.05) is 42.6 Å². The highest BCUT2D eigenvalue weighted by Gasteiger charge is 2.31. The fourth-order valence-corrected chi connectivity index (χ4v) is 6.00. The summed E-state index contributed by atoms with van der Waals surface area (Å²) in [6, 6.07) is 13.1. The summed E-state index contributed by atoms with van der Waals surface area (Å²) >= 11 is 0. The number of nitrogens with zero attached hydrogens (tertiary/aromatic N) is 5. The van der Waals surface area contributed by atoms with Crippen LogP contribution in [0.15, 0.2) is 55.0 Å². The van der Waals surface area contributed by atoms with Gasteiger partial charge in [-0.25, -0.2) is 24.5 Å². The third kappa shape index (κ3) is 8.40. The van der Waals surface area contributed by atoms with Crippen LogP contribution in [-0.2, 0) is 33.7 Å². The zero-order valence-electron chi connectivity index (χ0n) is 26.8. The van der Waals surface area contributed by atoms with Gasteiger partial charge in [-0.2, -0.15) is 0 Å². The topological polar surface area (TPSA) is 122 Å². The van der Waals surface area contributed by atoms with Gasteiger partial charge in [0.2, 0.25) is 0 Å². The third-order valence-corrected chi connectivity index (χ3v) is 8.14. The van der Waals surface area contributed by atoms with Gasteiger partial charge in [0.15, 0.2) is 0 Å². The summed E-state index contributed by atoms with van der Waals surface area (Å²) in [7, 11) is 0. The lowest BCUT2D eigenvalue weighted by atomic mass is 9.98. The van der Waals surface area contributed by atoms with Crippen LogP contribution in [0.3, 0.4) is 0 Å². The zero-order chi connectivity index (χ0) is 31.8. The normalized spacial score (nSPS) is 16.0. The minimum absolute atomic E-state index is 0.0717. The number of amides is 1. The summed E-state index contributed by atoms with van der Waals surface area (Å²) in [5, 5.41) is 5.97. The van der Waals surface area contributed by atoms with Crippen LogP contribution in [0.25, 0.3) is 0 Å². The van der Waals surface area contributed by atoms with Crippen LogP contribution in [0.5, 0.6) is 0 Å². The SMILES string of the molecule is CCc1c(NC[C@H](NC(=O)OCc2ccccc2)C(=O)OC(C)(C)C)ncnc1N1CCC(N2CCCc3cccnc32)CC1. The monoisotopic (exact) mass is 615 g/mol. The van der Waals surface area contributed by atoms with Crippen molar-refractivity contribution in [2.75, 3.05) is 41.3 Å². The smallest absolute Gasteiger partial charge is 0.408 e. The van der Waals surface area contributed by atoms with E-state index in [0.29, 0.717) is 18.3 Å². The average Bonchev–Trinajstić information content (AvgIpc) is 3.05. The van der Waals surface area contributed by atoms with Gasteiger partial charge in [-0.15, -0.1) is 0 Å². The van der Waals surface area contributed by atoms with Gasteiger partial charge in [0.25, 0.3) is 0 Å². The molecule has 45 heavy (non-hydrogen) atoms. The summed E-state index contributed by atoms with van der Waals surface area (Å²) in [4.78, 5) is 44.6. The van der Waals surface area contributed by atoms with Crippen LogP contribution in [-0.4, -0.2) is 70.9 Å². The molecule has 1 saturated heterocycles. The molecule has 0 bridgehead atoms. The van der Waals surface area contributed by atoms with Crippen molar-refractivity contribution in [3.8, 4) is 0 Å². The lowest BCUT2D eigenvalue weighted by Gasteiger charge is -2.42. The first-order valence-electron chi connectivity index (χ1n) is 15.9. The summed E-state index contributed by atoms with van der Waals surface area (Å²) in [6.07, 6.45) is 7.72. The Kier molecular flexibility index (Phi) is 10.4. The van der Waals surface area contributed by atoms with Crippen molar-refractivity contribution in [2.45, 2.75) is 84.1 Å². The largest absolute Gasteiger partial charge is 0.458 e. The molecule has 11 nitrogen and oxygen atoms in total. The van der Waals surface area contributed by atoms with Crippen LogP contribution >= 0.6 is 0 Å². The van der Waals surface area contributed by atoms with Crippen molar-refractivity contribution in [2.24, 2.45) is 0 Å². The number of ether oxygens (including phenoxy) is 2. The fourth-order valence-electron chi connectivity index (χ4n) is 6.00. The summed E-state index contributed by atoms with van der Waals surface area (Å²) in [6.45, 7) is 10.4. The molecule has 1 amide bonds. The standard InChI is InChI=1S/C34H45N7O4/c1-5-27-29(36-21-28(32(42)45-34(2,3)4)39-33(43)44-22-24-11-7-6-8-12-24)37-23-38-31(27)40-19-15-26(16-20-40)41-18-10-14-25-13-9-17-35-30(25)41/h6-9,11-13,17,23,26,28H,5,10,14-16,18-22H2,1-4H3,(H,39,43)(H,36,37,38)/t28-/m0/s1. The zero-order valence-corrected chi connectivity index (χ0v) is 26.8. The molecule has 2 aliphatic rings. The number of piperidine rings is 1. The van der Waals surface area contributed by atoms with Crippen molar-refractivity contribution in [1.29, 1.82) is 0 Å². The first kappa shape index (κ1) is 32.0. The van der Waals surface area contributed by atoms with E-state index in [0.717, 1.165) is 68.1 Å². The van der Waals surface area contributed by atoms with E-state index in [4.69, 9.17) is 14.5 Å². The van der Waals surface area contributed by atoms with Crippen molar-refractivity contribution < 1.29 is 19.1 Å². The Morgan fingerprint density at radius 2 is 1.78 bits per heavy atom. The molecule has 1 aromatic carbocycles. The number of esters is 1. The Bertz CT molecular complexity index is 1440. The van der Waals surface area contributed by atoms with Gasteiger partial charge in [-0.3, -0.25) is 0 Å². The molecule has 11 heteroatoms. The molecular weight excluding hydrogens is 570 g/mol.